The highest BCUT2D eigenvalue weighted by molar-refractivity contribution is 6.03. The molecule has 0 spiro atoms. The van der Waals surface area contributed by atoms with Gasteiger partial charge in [-0.1, -0.05) is 6.08 Å². The average molecular weight is 466 g/mol. The molecule has 2 aromatic rings. The number of carbonyl (C=O) groups is 2. The van der Waals surface area contributed by atoms with Crippen LogP contribution in [0.25, 0.3) is 0 Å². The number of nitrogens with zero attached hydrogens (tertiary/aromatic N) is 4. The van der Waals surface area contributed by atoms with Crippen LogP contribution >= 0.6 is 0 Å². The van der Waals surface area contributed by atoms with E-state index in [4.69, 9.17) is 14.3 Å². The third-order valence-corrected chi connectivity index (χ3v) is 6.10. The number of piperazine rings is 1. The van der Waals surface area contributed by atoms with Crippen molar-refractivity contribution in [3.8, 4) is 5.75 Å². The summed E-state index contributed by atoms with van der Waals surface area (Å²) < 4.78 is 10.9. The third kappa shape index (κ3) is 5.73. The molecule has 1 unspecified atom stereocenters. The van der Waals surface area contributed by atoms with Crippen LogP contribution in [0.5, 0.6) is 5.75 Å². The molecule has 2 amide bonds. The molecule has 0 bridgehead atoms. The first-order valence-electron chi connectivity index (χ1n) is 11.5. The number of carbonyl (C=O) groups excluding carboxylic acids is 2. The van der Waals surface area contributed by atoms with Crippen LogP contribution in [0, 0.1) is 0 Å². The highest BCUT2D eigenvalue weighted by Gasteiger charge is 2.35. The van der Waals surface area contributed by atoms with Crippen LogP contribution in [0.1, 0.15) is 23.8 Å². The maximum absolute atomic E-state index is 13.3. The topological polar surface area (TPSA) is 90.6 Å². The minimum absolute atomic E-state index is 0.0109. The van der Waals surface area contributed by atoms with E-state index >= 15 is 0 Å². The molecule has 34 heavy (non-hydrogen) atoms. The molecule has 2 aliphatic rings. The predicted octanol–water partition coefficient (Wildman–Crippen LogP) is 1.89. The predicted molar refractivity (Wildman–Crippen MR) is 129 cm³/mol. The number of benzene rings is 1. The quantitative estimate of drug-likeness (QED) is 0.569. The number of furan rings is 1. The monoisotopic (exact) mass is 465 g/mol. The van der Waals surface area contributed by atoms with Crippen molar-refractivity contribution in [2.75, 3.05) is 52.9 Å². The van der Waals surface area contributed by atoms with Crippen molar-refractivity contribution in [3.63, 3.8) is 0 Å². The molecule has 1 atom stereocenters. The van der Waals surface area contributed by atoms with Crippen LogP contribution in [0.15, 0.2) is 64.8 Å². The third-order valence-electron chi connectivity index (χ3n) is 6.10. The fourth-order valence-corrected chi connectivity index (χ4v) is 4.21. The number of hydrazone groups is 1. The number of hydrogen-bond donors (Lipinski definition) is 1. The van der Waals surface area contributed by atoms with Gasteiger partial charge in [-0.2, -0.15) is 5.10 Å². The maximum atomic E-state index is 13.3. The Balaban J connectivity index is 1.38. The van der Waals surface area contributed by atoms with Gasteiger partial charge in [0.05, 0.1) is 32.2 Å². The van der Waals surface area contributed by atoms with Crippen molar-refractivity contribution < 1.29 is 18.7 Å². The van der Waals surface area contributed by atoms with E-state index in [1.54, 1.807) is 24.5 Å². The van der Waals surface area contributed by atoms with Gasteiger partial charge in [0.2, 0.25) is 5.91 Å². The minimum atomic E-state index is -0.269. The lowest BCUT2D eigenvalue weighted by atomic mass is 10.0. The molecule has 1 aromatic heterocycles. The number of methoxy groups -OCH3 is 1. The van der Waals surface area contributed by atoms with Gasteiger partial charge in [0.15, 0.2) is 0 Å². The number of nitrogens with one attached hydrogen (secondary N) is 1. The second kappa shape index (κ2) is 11.1. The summed E-state index contributed by atoms with van der Waals surface area (Å²) in [6.45, 7) is 7.61. The summed E-state index contributed by atoms with van der Waals surface area (Å²) in [5.74, 6) is 1.41. The fourth-order valence-electron chi connectivity index (χ4n) is 4.21. The van der Waals surface area contributed by atoms with E-state index in [1.165, 1.54) is 0 Å². The van der Waals surface area contributed by atoms with Gasteiger partial charge in [-0.15, -0.1) is 6.58 Å². The second-order valence-electron chi connectivity index (χ2n) is 8.39. The van der Waals surface area contributed by atoms with Crippen LogP contribution < -0.4 is 10.1 Å². The van der Waals surface area contributed by atoms with E-state index in [-0.39, 0.29) is 24.4 Å². The summed E-state index contributed by atoms with van der Waals surface area (Å²) in [7, 11) is 1.63. The Kier molecular flexibility index (Phi) is 7.76. The molecule has 1 saturated heterocycles. The van der Waals surface area contributed by atoms with Crippen LogP contribution in [0.4, 0.5) is 0 Å². The summed E-state index contributed by atoms with van der Waals surface area (Å²) in [5, 5.41) is 9.06. The van der Waals surface area contributed by atoms with Gasteiger partial charge in [-0.05, 0) is 42.0 Å². The highest BCUT2D eigenvalue weighted by atomic mass is 16.5. The Morgan fingerprint density at radius 2 is 1.85 bits per heavy atom. The molecule has 1 N–H and O–H groups in total. The van der Waals surface area contributed by atoms with Crippen molar-refractivity contribution in [1.82, 2.24) is 20.1 Å². The standard InChI is InChI=1S/C25H31N5O4/c1-3-10-26-24(31)17-28-11-13-29(14-12-28)18-25(32)30-22(23-5-4-15-34-23)16-21(27-30)19-6-8-20(33-2)9-7-19/h3-9,15,22H,1,10-14,16-18H2,2H3,(H,26,31). The summed E-state index contributed by atoms with van der Waals surface area (Å²) in [5.41, 5.74) is 1.80. The normalized spacial score (nSPS) is 19.0. The SMILES string of the molecule is C=CCNC(=O)CN1CCN(CC(=O)N2N=C(c3ccc(OC)cc3)CC2c2ccco2)CC1. The molecule has 4 rings (SSSR count). The summed E-state index contributed by atoms with van der Waals surface area (Å²) >= 11 is 0. The van der Waals surface area contributed by atoms with E-state index < -0.39 is 0 Å². The lowest BCUT2D eigenvalue weighted by molar-refractivity contribution is -0.135. The molecule has 0 saturated carbocycles. The maximum Gasteiger partial charge on any atom is 0.257 e. The summed E-state index contributed by atoms with van der Waals surface area (Å²) in [6, 6.07) is 11.1. The Morgan fingerprint density at radius 3 is 2.47 bits per heavy atom. The van der Waals surface area contributed by atoms with Crippen molar-refractivity contribution in [3.05, 3.63) is 66.6 Å². The average Bonchev–Trinajstić information content (AvgIpc) is 3.54. The Hall–Kier alpha value is -3.43. The molecular formula is C25H31N5O4. The number of ether oxygens (including phenoxy) is 1. The number of hydrogen-bond acceptors (Lipinski definition) is 7. The Bertz CT molecular complexity index is 1010. The lowest BCUT2D eigenvalue weighted by Crippen LogP contribution is -2.51. The molecule has 2 aliphatic heterocycles. The smallest absolute Gasteiger partial charge is 0.257 e. The van der Waals surface area contributed by atoms with Crippen LogP contribution in [-0.4, -0.2) is 85.3 Å². The van der Waals surface area contributed by atoms with Gasteiger partial charge in [-0.3, -0.25) is 19.4 Å². The van der Waals surface area contributed by atoms with Crippen molar-refractivity contribution in [1.29, 1.82) is 0 Å². The van der Waals surface area contributed by atoms with Crippen molar-refractivity contribution in [2.24, 2.45) is 5.10 Å². The molecule has 1 fully saturated rings. The van der Waals surface area contributed by atoms with E-state index in [0.29, 0.717) is 19.5 Å². The van der Waals surface area contributed by atoms with Crippen LogP contribution in [0.3, 0.4) is 0 Å². The molecule has 9 heteroatoms. The van der Waals surface area contributed by atoms with Gasteiger partial charge in [0.1, 0.15) is 17.6 Å². The van der Waals surface area contributed by atoms with Gasteiger partial charge < -0.3 is 14.5 Å². The molecule has 1 aromatic carbocycles. The van der Waals surface area contributed by atoms with E-state index in [0.717, 1.165) is 49.0 Å². The minimum Gasteiger partial charge on any atom is -0.497 e. The lowest BCUT2D eigenvalue weighted by Gasteiger charge is -2.34. The van der Waals surface area contributed by atoms with E-state index in [1.807, 2.05) is 36.4 Å². The molecule has 180 valence electrons. The highest BCUT2D eigenvalue weighted by Crippen LogP contribution is 2.33. The zero-order chi connectivity index (χ0) is 23.9. The van der Waals surface area contributed by atoms with Crippen molar-refractivity contribution in [2.45, 2.75) is 12.5 Å². The summed E-state index contributed by atoms with van der Waals surface area (Å²) in [6.07, 6.45) is 3.87. The fraction of sp³-hybridized carbons (Fsp3) is 0.400. The van der Waals surface area contributed by atoms with E-state index in [9.17, 15) is 9.59 Å². The largest absolute Gasteiger partial charge is 0.497 e. The zero-order valence-electron chi connectivity index (χ0n) is 19.5. The first kappa shape index (κ1) is 23.7. The molecule has 0 aliphatic carbocycles. The van der Waals surface area contributed by atoms with Gasteiger partial charge in [0.25, 0.3) is 5.91 Å². The molecule has 0 radical (unpaired) electrons. The first-order valence-corrected chi connectivity index (χ1v) is 11.5. The van der Waals surface area contributed by atoms with Gasteiger partial charge in [0, 0.05) is 39.1 Å². The number of amides is 2. The zero-order valence-corrected chi connectivity index (χ0v) is 19.5. The van der Waals surface area contributed by atoms with Crippen LogP contribution in [-0.2, 0) is 9.59 Å². The molecule has 9 nitrogen and oxygen atoms in total. The molecular weight excluding hydrogens is 434 g/mol. The van der Waals surface area contributed by atoms with E-state index in [2.05, 4.69) is 21.7 Å². The summed E-state index contributed by atoms with van der Waals surface area (Å²) in [4.78, 5) is 29.4. The Labute approximate surface area is 199 Å². The first-order chi connectivity index (χ1) is 16.6. The Morgan fingerprint density at radius 1 is 1.15 bits per heavy atom. The van der Waals surface area contributed by atoms with Crippen molar-refractivity contribution >= 4 is 17.5 Å². The van der Waals surface area contributed by atoms with Gasteiger partial charge in [-0.25, -0.2) is 5.01 Å². The second-order valence-corrected chi connectivity index (χ2v) is 8.39. The molecule has 3 heterocycles. The number of rotatable bonds is 9. The van der Waals surface area contributed by atoms with Gasteiger partial charge >= 0.3 is 0 Å². The van der Waals surface area contributed by atoms with Crippen LogP contribution in [0.2, 0.25) is 0 Å².